The number of nitrogens with zero attached hydrogens (tertiary/aromatic N) is 2. The Bertz CT molecular complexity index is 956. The van der Waals surface area contributed by atoms with Crippen molar-refractivity contribution >= 4 is 22.5 Å². The molecule has 1 aromatic heterocycles. The molecule has 0 saturated carbocycles. The van der Waals surface area contributed by atoms with E-state index in [0.29, 0.717) is 5.56 Å². The van der Waals surface area contributed by atoms with E-state index in [1.807, 2.05) is 67.8 Å². The van der Waals surface area contributed by atoms with Gasteiger partial charge >= 0.3 is 0 Å². The van der Waals surface area contributed by atoms with Crippen LogP contribution < -0.4 is 5.32 Å². The van der Waals surface area contributed by atoms with Crippen LogP contribution in [-0.4, -0.2) is 10.5 Å². The number of nitriles is 1. The quantitative estimate of drug-likeness (QED) is 0.791. The molecule has 0 aliphatic heterocycles. The first-order valence-electron chi connectivity index (χ1n) is 7.87. The lowest BCUT2D eigenvalue weighted by Gasteiger charge is -2.13. The number of nitrogens with one attached hydrogen (secondary N) is 1. The molecule has 4 heteroatoms. The van der Waals surface area contributed by atoms with Crippen LogP contribution in [0.4, 0.5) is 5.69 Å². The summed E-state index contributed by atoms with van der Waals surface area (Å²) in [5, 5.41) is 13.3. The Morgan fingerprint density at radius 1 is 1.08 bits per heavy atom. The number of anilines is 1. The van der Waals surface area contributed by atoms with E-state index in [1.54, 1.807) is 0 Å². The number of para-hydroxylation sites is 2. The minimum absolute atomic E-state index is 0.0965. The first kappa shape index (κ1) is 15.8. The van der Waals surface area contributed by atoms with Crippen LogP contribution in [-0.2, 0) is 11.3 Å². The molecule has 0 saturated heterocycles. The van der Waals surface area contributed by atoms with E-state index in [1.165, 1.54) is 0 Å². The minimum Gasteiger partial charge on any atom is -0.334 e. The molecule has 24 heavy (non-hydrogen) atoms. The minimum atomic E-state index is -0.0965. The molecule has 1 amide bonds. The summed E-state index contributed by atoms with van der Waals surface area (Å²) in [6.45, 7) is 6.02. The van der Waals surface area contributed by atoms with Crippen LogP contribution in [0.2, 0.25) is 0 Å². The second-order valence-electron chi connectivity index (χ2n) is 5.99. The third-order valence-electron chi connectivity index (χ3n) is 4.39. The topological polar surface area (TPSA) is 57.8 Å². The van der Waals surface area contributed by atoms with Crippen molar-refractivity contribution < 1.29 is 4.79 Å². The van der Waals surface area contributed by atoms with Gasteiger partial charge in [0.15, 0.2) is 0 Å². The van der Waals surface area contributed by atoms with Crippen molar-refractivity contribution in [2.45, 2.75) is 27.3 Å². The summed E-state index contributed by atoms with van der Waals surface area (Å²) in [4.78, 5) is 12.6. The van der Waals surface area contributed by atoms with Gasteiger partial charge in [-0.25, -0.2) is 0 Å². The predicted molar refractivity (Wildman–Crippen MR) is 95.9 cm³/mol. The molecule has 4 nitrogen and oxygen atoms in total. The maximum atomic E-state index is 12.6. The Labute approximate surface area is 141 Å². The number of fused-ring (bicyclic) bond motifs is 1. The van der Waals surface area contributed by atoms with Crippen LogP contribution in [0.15, 0.2) is 42.5 Å². The molecule has 3 rings (SSSR count). The van der Waals surface area contributed by atoms with Gasteiger partial charge in [0.25, 0.3) is 0 Å². The fourth-order valence-electron chi connectivity index (χ4n) is 3.11. The van der Waals surface area contributed by atoms with Gasteiger partial charge in [-0.1, -0.05) is 36.4 Å². The highest BCUT2D eigenvalue weighted by molar-refractivity contribution is 5.94. The number of carbonyl (C=O) groups excluding carboxylic acids is 1. The van der Waals surface area contributed by atoms with Crippen molar-refractivity contribution in [3.63, 3.8) is 0 Å². The third kappa shape index (κ3) is 2.65. The van der Waals surface area contributed by atoms with Crippen molar-refractivity contribution in [1.82, 2.24) is 4.57 Å². The summed E-state index contributed by atoms with van der Waals surface area (Å²) in [6.07, 6.45) is 0. The number of hydrogen-bond acceptors (Lipinski definition) is 2. The fourth-order valence-corrected chi connectivity index (χ4v) is 3.11. The molecule has 0 aliphatic carbocycles. The van der Waals surface area contributed by atoms with Gasteiger partial charge in [0.1, 0.15) is 12.6 Å². The van der Waals surface area contributed by atoms with E-state index in [9.17, 15) is 10.1 Å². The van der Waals surface area contributed by atoms with Gasteiger partial charge in [-0.15, -0.1) is 0 Å². The molecule has 1 heterocycles. The molecule has 0 spiro atoms. The molecule has 0 unspecified atom stereocenters. The summed E-state index contributed by atoms with van der Waals surface area (Å²) in [5.41, 5.74) is 5.28. The van der Waals surface area contributed by atoms with Crippen LogP contribution in [0, 0.1) is 32.1 Å². The largest absolute Gasteiger partial charge is 0.334 e. The van der Waals surface area contributed by atoms with Gasteiger partial charge in [0.2, 0.25) is 5.91 Å². The normalized spacial score (nSPS) is 10.6. The van der Waals surface area contributed by atoms with Gasteiger partial charge in [-0.05, 0) is 38.0 Å². The number of aryl methyl sites for hydroxylation is 2. The molecule has 120 valence electrons. The lowest BCUT2D eigenvalue weighted by Crippen LogP contribution is -2.20. The molecule has 0 radical (unpaired) electrons. The third-order valence-corrected chi connectivity index (χ3v) is 4.39. The zero-order chi connectivity index (χ0) is 17.3. The summed E-state index contributed by atoms with van der Waals surface area (Å²) >= 11 is 0. The highest BCUT2D eigenvalue weighted by Gasteiger charge is 2.16. The Balaban J connectivity index is 1.95. The Hall–Kier alpha value is -3.06. The predicted octanol–water partition coefficient (Wildman–Crippen LogP) is 4.08. The molecule has 3 aromatic rings. The Morgan fingerprint density at radius 2 is 1.75 bits per heavy atom. The summed E-state index contributed by atoms with van der Waals surface area (Å²) in [5.74, 6) is -0.0965. The molecule has 0 fully saturated rings. The maximum absolute atomic E-state index is 12.6. The first-order valence-corrected chi connectivity index (χ1v) is 7.87. The lowest BCUT2D eigenvalue weighted by atomic mass is 10.1. The van der Waals surface area contributed by atoms with Crippen LogP contribution in [0.25, 0.3) is 10.9 Å². The summed E-state index contributed by atoms with van der Waals surface area (Å²) in [7, 11) is 0. The van der Waals surface area contributed by atoms with E-state index in [0.717, 1.165) is 33.4 Å². The van der Waals surface area contributed by atoms with Gasteiger partial charge < -0.3 is 9.88 Å². The lowest BCUT2D eigenvalue weighted by molar-refractivity contribution is -0.116. The maximum Gasteiger partial charge on any atom is 0.244 e. The molecule has 0 aliphatic rings. The summed E-state index contributed by atoms with van der Waals surface area (Å²) < 4.78 is 1.90. The number of carbonyl (C=O) groups is 1. The van der Waals surface area contributed by atoms with Crippen molar-refractivity contribution in [2.24, 2.45) is 0 Å². The van der Waals surface area contributed by atoms with Crippen LogP contribution >= 0.6 is 0 Å². The number of hydrogen-bond donors (Lipinski definition) is 1. The average molecular weight is 317 g/mol. The monoisotopic (exact) mass is 317 g/mol. The molecule has 2 aromatic carbocycles. The highest BCUT2D eigenvalue weighted by Crippen LogP contribution is 2.25. The van der Waals surface area contributed by atoms with Gasteiger partial charge in [0.05, 0.1) is 11.1 Å². The van der Waals surface area contributed by atoms with Crippen molar-refractivity contribution in [3.05, 3.63) is 64.8 Å². The zero-order valence-electron chi connectivity index (χ0n) is 14.1. The van der Waals surface area contributed by atoms with Crippen molar-refractivity contribution in [3.8, 4) is 6.07 Å². The van der Waals surface area contributed by atoms with E-state index >= 15 is 0 Å². The number of amides is 1. The van der Waals surface area contributed by atoms with Crippen molar-refractivity contribution in [2.75, 3.05) is 5.32 Å². The molecule has 1 N–H and O–H groups in total. The molecular formula is C20H19N3O. The van der Waals surface area contributed by atoms with Gasteiger partial charge in [0, 0.05) is 16.8 Å². The van der Waals surface area contributed by atoms with Crippen molar-refractivity contribution in [1.29, 1.82) is 5.26 Å². The van der Waals surface area contributed by atoms with E-state index in [2.05, 4.69) is 11.4 Å². The van der Waals surface area contributed by atoms with E-state index in [4.69, 9.17) is 0 Å². The van der Waals surface area contributed by atoms with Crippen LogP contribution in [0.1, 0.15) is 22.4 Å². The molecular weight excluding hydrogens is 298 g/mol. The van der Waals surface area contributed by atoms with Gasteiger partial charge in [-0.3, -0.25) is 4.79 Å². The van der Waals surface area contributed by atoms with E-state index < -0.39 is 0 Å². The number of aromatic nitrogens is 1. The molecule has 0 bridgehead atoms. The SMILES string of the molecule is Cc1cccc(C)c1NC(=O)Cn1c(C)c(C#N)c2ccccc21. The standard InChI is InChI=1S/C20H19N3O/c1-13-7-6-8-14(2)20(13)22-19(24)12-23-15(3)17(11-21)16-9-4-5-10-18(16)23/h4-10H,12H2,1-3H3,(H,22,24). The molecule has 0 atom stereocenters. The Morgan fingerprint density at radius 3 is 2.42 bits per heavy atom. The fraction of sp³-hybridized carbons (Fsp3) is 0.200. The van der Waals surface area contributed by atoms with Crippen LogP contribution in [0.3, 0.4) is 0 Å². The zero-order valence-corrected chi connectivity index (χ0v) is 14.1. The second kappa shape index (κ2) is 6.21. The number of rotatable bonds is 3. The van der Waals surface area contributed by atoms with Crippen LogP contribution in [0.5, 0.6) is 0 Å². The smallest absolute Gasteiger partial charge is 0.244 e. The Kier molecular flexibility index (Phi) is 4.09. The average Bonchev–Trinajstić information content (AvgIpc) is 2.83. The summed E-state index contributed by atoms with van der Waals surface area (Å²) in [6, 6.07) is 15.9. The first-order chi connectivity index (χ1) is 11.5. The second-order valence-corrected chi connectivity index (χ2v) is 5.99. The van der Waals surface area contributed by atoms with Gasteiger partial charge in [-0.2, -0.15) is 5.26 Å². The number of benzene rings is 2. The van der Waals surface area contributed by atoms with E-state index in [-0.39, 0.29) is 12.5 Å². The highest BCUT2D eigenvalue weighted by atomic mass is 16.1.